The number of aryl methyl sites for hydroxylation is 1. The first-order valence-corrected chi connectivity index (χ1v) is 11.1. The van der Waals surface area contributed by atoms with Gasteiger partial charge in [-0.1, -0.05) is 30.3 Å². The van der Waals surface area contributed by atoms with E-state index in [1.165, 1.54) is 22.3 Å². The van der Waals surface area contributed by atoms with Crippen molar-refractivity contribution < 1.29 is 9.59 Å². The number of hydrogen-bond donors (Lipinski definition) is 2. The van der Waals surface area contributed by atoms with Gasteiger partial charge in [0.25, 0.3) is 5.91 Å². The van der Waals surface area contributed by atoms with Gasteiger partial charge in [-0.25, -0.2) is 0 Å². The van der Waals surface area contributed by atoms with E-state index in [0.717, 1.165) is 63.8 Å². The molecule has 1 unspecified atom stereocenters. The Bertz CT molecular complexity index is 986. The second kappa shape index (κ2) is 7.88. The Balaban J connectivity index is 1.16. The van der Waals surface area contributed by atoms with Crippen LogP contribution in [0, 0.1) is 5.41 Å². The second-order valence-electron chi connectivity index (χ2n) is 9.00. The average molecular weight is 404 g/mol. The molecule has 2 aromatic rings. The van der Waals surface area contributed by atoms with Crippen molar-refractivity contribution in [2.24, 2.45) is 5.41 Å². The maximum atomic E-state index is 12.7. The van der Waals surface area contributed by atoms with Gasteiger partial charge in [0.15, 0.2) is 0 Å². The maximum Gasteiger partial charge on any atom is 0.251 e. The molecule has 5 nitrogen and oxygen atoms in total. The summed E-state index contributed by atoms with van der Waals surface area (Å²) in [4.78, 5) is 27.4. The summed E-state index contributed by atoms with van der Waals surface area (Å²) >= 11 is 0. The van der Waals surface area contributed by atoms with E-state index in [9.17, 15) is 9.59 Å². The fraction of sp³-hybridized carbons (Fsp3) is 0.440. The summed E-state index contributed by atoms with van der Waals surface area (Å²) in [7, 11) is 0. The summed E-state index contributed by atoms with van der Waals surface area (Å²) in [5, 5.41) is 6.08. The number of nitrogens with one attached hydrogen (secondary N) is 2. The number of carbonyl (C=O) groups is 2. The van der Waals surface area contributed by atoms with Crippen molar-refractivity contribution in [2.75, 3.05) is 26.2 Å². The Hall–Kier alpha value is -2.66. The number of fused-ring (bicyclic) bond motifs is 2. The highest BCUT2D eigenvalue weighted by atomic mass is 16.2. The van der Waals surface area contributed by atoms with E-state index < -0.39 is 0 Å². The fourth-order valence-corrected chi connectivity index (χ4v) is 5.30. The number of benzene rings is 2. The van der Waals surface area contributed by atoms with Crippen LogP contribution >= 0.6 is 0 Å². The van der Waals surface area contributed by atoms with Crippen LogP contribution in [-0.2, 0) is 30.6 Å². The quantitative estimate of drug-likeness (QED) is 0.825. The molecule has 1 aliphatic carbocycles. The van der Waals surface area contributed by atoms with Crippen LogP contribution in [0.25, 0.3) is 0 Å². The molecule has 2 N–H and O–H groups in total. The SMILES string of the molecule is O=C(NCCN1CCc2ccccc2C1)c1ccc2c(c1)CCC1(CCNC1=O)C2. The van der Waals surface area contributed by atoms with Crippen molar-refractivity contribution in [3.8, 4) is 0 Å². The number of rotatable bonds is 4. The lowest BCUT2D eigenvalue weighted by molar-refractivity contribution is -0.128. The highest BCUT2D eigenvalue weighted by Gasteiger charge is 2.44. The van der Waals surface area contributed by atoms with Crippen molar-refractivity contribution in [3.05, 3.63) is 70.3 Å². The average Bonchev–Trinajstić information content (AvgIpc) is 3.12. The number of nitrogens with zero attached hydrogens (tertiary/aromatic N) is 1. The molecule has 0 bridgehead atoms. The molecule has 1 saturated heterocycles. The van der Waals surface area contributed by atoms with Crippen LogP contribution in [-0.4, -0.2) is 42.9 Å². The van der Waals surface area contributed by atoms with Gasteiger partial charge in [-0.2, -0.15) is 0 Å². The van der Waals surface area contributed by atoms with Crippen molar-refractivity contribution in [1.82, 2.24) is 15.5 Å². The predicted octanol–water partition coefficient (Wildman–Crippen LogP) is 2.47. The van der Waals surface area contributed by atoms with Crippen LogP contribution in [0.15, 0.2) is 42.5 Å². The molecule has 1 spiro atoms. The molecule has 2 aromatic carbocycles. The maximum absolute atomic E-state index is 12.7. The van der Waals surface area contributed by atoms with Gasteiger partial charge in [0, 0.05) is 38.3 Å². The summed E-state index contributed by atoms with van der Waals surface area (Å²) in [5.41, 5.74) is 5.80. The standard InChI is InChI=1S/C25H29N3O2/c29-23(26-12-14-28-13-8-18-3-1-2-4-22(18)17-28)20-5-6-21-16-25(9-7-19(21)15-20)10-11-27-24(25)30/h1-6,15H,7-14,16-17H2,(H,26,29)(H,27,30). The molecule has 156 valence electrons. The fourth-order valence-electron chi connectivity index (χ4n) is 5.30. The molecule has 3 aliphatic rings. The molecular formula is C25H29N3O2. The zero-order valence-electron chi connectivity index (χ0n) is 17.4. The zero-order chi connectivity index (χ0) is 20.6. The van der Waals surface area contributed by atoms with E-state index in [1.807, 2.05) is 12.1 Å². The van der Waals surface area contributed by atoms with E-state index in [0.29, 0.717) is 6.54 Å². The molecule has 5 heteroatoms. The van der Waals surface area contributed by atoms with Gasteiger partial charge in [0.05, 0.1) is 5.41 Å². The summed E-state index contributed by atoms with van der Waals surface area (Å²) in [6, 6.07) is 14.6. The largest absolute Gasteiger partial charge is 0.356 e. The molecule has 0 radical (unpaired) electrons. The molecule has 2 heterocycles. The first-order valence-electron chi connectivity index (χ1n) is 11.1. The van der Waals surface area contributed by atoms with E-state index in [-0.39, 0.29) is 17.2 Å². The molecule has 0 saturated carbocycles. The summed E-state index contributed by atoms with van der Waals surface area (Å²) in [6.45, 7) is 4.31. The van der Waals surface area contributed by atoms with E-state index in [2.05, 4.69) is 45.9 Å². The smallest absolute Gasteiger partial charge is 0.251 e. The van der Waals surface area contributed by atoms with Crippen molar-refractivity contribution in [1.29, 1.82) is 0 Å². The van der Waals surface area contributed by atoms with Crippen LogP contribution in [0.3, 0.4) is 0 Å². The lowest BCUT2D eigenvalue weighted by Gasteiger charge is -2.32. The van der Waals surface area contributed by atoms with Crippen molar-refractivity contribution >= 4 is 11.8 Å². The molecule has 0 aromatic heterocycles. The second-order valence-corrected chi connectivity index (χ2v) is 9.00. The lowest BCUT2D eigenvalue weighted by Crippen LogP contribution is -2.38. The molecule has 5 rings (SSSR count). The number of carbonyl (C=O) groups excluding carboxylic acids is 2. The van der Waals surface area contributed by atoms with Gasteiger partial charge in [-0.05, 0) is 66.5 Å². The molecule has 2 amide bonds. The first kappa shape index (κ1) is 19.3. The molecule has 30 heavy (non-hydrogen) atoms. The monoisotopic (exact) mass is 403 g/mol. The highest BCUT2D eigenvalue weighted by Crippen LogP contribution is 2.41. The van der Waals surface area contributed by atoms with E-state index >= 15 is 0 Å². The van der Waals surface area contributed by atoms with Crippen LogP contribution in [0.1, 0.15) is 45.5 Å². The van der Waals surface area contributed by atoms with Gasteiger partial charge in [-0.15, -0.1) is 0 Å². The van der Waals surface area contributed by atoms with Crippen LogP contribution in [0.4, 0.5) is 0 Å². The van der Waals surface area contributed by atoms with Crippen molar-refractivity contribution in [3.63, 3.8) is 0 Å². The molecule has 1 atom stereocenters. The third-order valence-corrected chi connectivity index (χ3v) is 7.16. The summed E-state index contributed by atoms with van der Waals surface area (Å²) in [5.74, 6) is 0.199. The normalized spacial score (nSPS) is 23.0. The predicted molar refractivity (Wildman–Crippen MR) is 116 cm³/mol. The number of amides is 2. The number of hydrogen-bond acceptors (Lipinski definition) is 3. The zero-order valence-corrected chi connectivity index (χ0v) is 17.4. The minimum absolute atomic E-state index is 0.00546. The molecular weight excluding hydrogens is 374 g/mol. The van der Waals surface area contributed by atoms with Gasteiger partial charge in [-0.3, -0.25) is 14.5 Å². The minimum atomic E-state index is -0.218. The molecule has 2 aliphatic heterocycles. The van der Waals surface area contributed by atoms with Crippen molar-refractivity contribution in [2.45, 2.75) is 38.6 Å². The Morgan fingerprint density at radius 1 is 1.03 bits per heavy atom. The lowest BCUT2D eigenvalue weighted by atomic mass is 9.70. The minimum Gasteiger partial charge on any atom is -0.356 e. The van der Waals surface area contributed by atoms with Crippen LogP contribution in [0.5, 0.6) is 0 Å². The van der Waals surface area contributed by atoms with Crippen LogP contribution in [0.2, 0.25) is 0 Å². The third-order valence-electron chi connectivity index (χ3n) is 7.16. The van der Waals surface area contributed by atoms with Gasteiger partial charge in [0.2, 0.25) is 5.91 Å². The van der Waals surface area contributed by atoms with Gasteiger partial charge in [0.1, 0.15) is 0 Å². The highest BCUT2D eigenvalue weighted by molar-refractivity contribution is 5.94. The van der Waals surface area contributed by atoms with Crippen LogP contribution < -0.4 is 10.6 Å². The van der Waals surface area contributed by atoms with E-state index in [1.54, 1.807) is 0 Å². The Kier molecular flexibility index (Phi) is 5.07. The van der Waals surface area contributed by atoms with E-state index in [4.69, 9.17) is 0 Å². The summed E-state index contributed by atoms with van der Waals surface area (Å²) < 4.78 is 0. The van der Waals surface area contributed by atoms with Gasteiger partial charge < -0.3 is 10.6 Å². The topological polar surface area (TPSA) is 61.4 Å². The first-order chi connectivity index (χ1) is 14.6. The van der Waals surface area contributed by atoms with Gasteiger partial charge >= 0.3 is 0 Å². The third kappa shape index (κ3) is 3.63. The Morgan fingerprint density at radius 2 is 1.90 bits per heavy atom. The molecule has 1 fully saturated rings. The Labute approximate surface area is 177 Å². The Morgan fingerprint density at radius 3 is 2.73 bits per heavy atom. The summed E-state index contributed by atoms with van der Waals surface area (Å²) in [6.07, 6.45) is 4.56.